The largest absolute Gasteiger partial charge is 0.245 e. The smallest absolute Gasteiger partial charge is 0.240 e. The van der Waals surface area contributed by atoms with Crippen LogP contribution in [0.15, 0.2) is 28.6 Å². The standard InChI is InChI=1S/C10H12N2O2S2/c1-2-5-12-16(13,14)8-3-4-9-10(6-8)15-7-11-9/h3-4,6-7,12H,2,5H2,1H3. The number of hydrogen-bond acceptors (Lipinski definition) is 4. The van der Waals surface area contributed by atoms with Crippen LogP contribution in [0.25, 0.3) is 10.2 Å². The quantitative estimate of drug-likeness (QED) is 0.910. The zero-order chi connectivity index (χ0) is 11.6. The van der Waals surface area contributed by atoms with Gasteiger partial charge in [0.2, 0.25) is 10.0 Å². The summed E-state index contributed by atoms with van der Waals surface area (Å²) in [6, 6.07) is 4.97. The normalized spacial score (nSPS) is 12.1. The van der Waals surface area contributed by atoms with E-state index in [9.17, 15) is 8.42 Å². The molecule has 0 saturated heterocycles. The van der Waals surface area contributed by atoms with Crippen molar-refractivity contribution in [3.8, 4) is 0 Å². The Balaban J connectivity index is 2.39. The summed E-state index contributed by atoms with van der Waals surface area (Å²) in [5, 5.41) is 0. The lowest BCUT2D eigenvalue weighted by molar-refractivity contribution is 0.581. The fraction of sp³-hybridized carbons (Fsp3) is 0.300. The summed E-state index contributed by atoms with van der Waals surface area (Å²) >= 11 is 1.44. The molecule has 0 atom stereocenters. The van der Waals surface area contributed by atoms with Gasteiger partial charge in [-0.2, -0.15) is 0 Å². The predicted octanol–water partition coefficient (Wildman–Crippen LogP) is 1.98. The summed E-state index contributed by atoms with van der Waals surface area (Å²) in [7, 11) is -3.36. The lowest BCUT2D eigenvalue weighted by Gasteiger charge is -2.04. The number of hydrogen-bond donors (Lipinski definition) is 1. The maximum Gasteiger partial charge on any atom is 0.240 e. The van der Waals surface area contributed by atoms with Crippen LogP contribution in [0.1, 0.15) is 13.3 Å². The Morgan fingerprint density at radius 3 is 3.00 bits per heavy atom. The van der Waals surface area contributed by atoms with Crippen molar-refractivity contribution in [1.82, 2.24) is 9.71 Å². The van der Waals surface area contributed by atoms with E-state index < -0.39 is 10.0 Å². The fourth-order valence-corrected chi connectivity index (χ4v) is 3.27. The van der Waals surface area contributed by atoms with E-state index in [1.807, 2.05) is 6.92 Å². The molecule has 0 aliphatic heterocycles. The summed E-state index contributed by atoms with van der Waals surface area (Å²) in [5.74, 6) is 0. The zero-order valence-electron chi connectivity index (χ0n) is 8.80. The molecule has 4 nitrogen and oxygen atoms in total. The molecule has 0 aliphatic rings. The van der Waals surface area contributed by atoms with Crippen molar-refractivity contribution < 1.29 is 8.42 Å². The molecule has 0 amide bonds. The first-order chi connectivity index (χ1) is 7.63. The molecule has 0 radical (unpaired) electrons. The number of thiazole rings is 1. The van der Waals surface area contributed by atoms with Crippen LogP contribution in [0.4, 0.5) is 0 Å². The van der Waals surface area contributed by atoms with Gasteiger partial charge in [-0.05, 0) is 24.6 Å². The minimum Gasteiger partial charge on any atom is -0.245 e. The Hall–Kier alpha value is -0.980. The van der Waals surface area contributed by atoms with Crippen molar-refractivity contribution in [2.45, 2.75) is 18.2 Å². The Bertz CT molecular complexity index is 590. The topological polar surface area (TPSA) is 59.1 Å². The first-order valence-electron chi connectivity index (χ1n) is 4.96. The molecule has 2 aromatic rings. The van der Waals surface area contributed by atoms with E-state index in [0.29, 0.717) is 11.4 Å². The molecule has 1 N–H and O–H groups in total. The second-order valence-electron chi connectivity index (χ2n) is 3.38. The van der Waals surface area contributed by atoms with Crippen LogP contribution in [-0.4, -0.2) is 19.9 Å². The van der Waals surface area contributed by atoms with Crippen molar-refractivity contribution in [3.63, 3.8) is 0 Å². The van der Waals surface area contributed by atoms with Gasteiger partial charge >= 0.3 is 0 Å². The number of nitrogens with one attached hydrogen (secondary N) is 1. The highest BCUT2D eigenvalue weighted by Gasteiger charge is 2.13. The summed E-state index contributed by atoms with van der Waals surface area (Å²) in [5.41, 5.74) is 2.54. The van der Waals surface area contributed by atoms with E-state index in [1.54, 1.807) is 23.7 Å². The van der Waals surface area contributed by atoms with Gasteiger partial charge in [-0.3, -0.25) is 0 Å². The molecule has 0 spiro atoms. The molecule has 16 heavy (non-hydrogen) atoms. The van der Waals surface area contributed by atoms with E-state index in [-0.39, 0.29) is 0 Å². The molecule has 86 valence electrons. The van der Waals surface area contributed by atoms with Crippen LogP contribution in [-0.2, 0) is 10.0 Å². The zero-order valence-corrected chi connectivity index (χ0v) is 10.4. The van der Waals surface area contributed by atoms with Crippen LogP contribution in [0.2, 0.25) is 0 Å². The molecule has 0 fully saturated rings. The summed E-state index contributed by atoms with van der Waals surface area (Å²) in [6.45, 7) is 2.39. The second-order valence-corrected chi connectivity index (χ2v) is 6.03. The average Bonchev–Trinajstić information content (AvgIpc) is 2.73. The highest BCUT2D eigenvalue weighted by molar-refractivity contribution is 7.89. The van der Waals surface area contributed by atoms with Crippen molar-refractivity contribution in [3.05, 3.63) is 23.7 Å². The third-order valence-electron chi connectivity index (χ3n) is 2.16. The van der Waals surface area contributed by atoms with Crippen molar-refractivity contribution in [2.75, 3.05) is 6.54 Å². The number of sulfonamides is 1. The van der Waals surface area contributed by atoms with E-state index in [0.717, 1.165) is 16.6 Å². The van der Waals surface area contributed by atoms with E-state index in [1.165, 1.54) is 11.3 Å². The van der Waals surface area contributed by atoms with Gasteiger partial charge in [0, 0.05) is 6.54 Å². The molecule has 6 heteroatoms. The van der Waals surface area contributed by atoms with Crippen molar-refractivity contribution in [1.29, 1.82) is 0 Å². The lowest BCUT2D eigenvalue weighted by Crippen LogP contribution is -2.24. The number of fused-ring (bicyclic) bond motifs is 1. The van der Waals surface area contributed by atoms with Crippen molar-refractivity contribution in [2.24, 2.45) is 0 Å². The highest BCUT2D eigenvalue weighted by atomic mass is 32.2. The van der Waals surface area contributed by atoms with Gasteiger partial charge in [0.25, 0.3) is 0 Å². The number of rotatable bonds is 4. The second kappa shape index (κ2) is 4.48. The van der Waals surface area contributed by atoms with Gasteiger partial charge in [0.05, 0.1) is 20.6 Å². The molecule has 1 heterocycles. The summed E-state index contributed by atoms with van der Waals surface area (Å²) in [4.78, 5) is 4.41. The average molecular weight is 256 g/mol. The number of aromatic nitrogens is 1. The molecule has 1 aromatic carbocycles. The van der Waals surface area contributed by atoms with E-state index in [4.69, 9.17) is 0 Å². The Morgan fingerprint density at radius 2 is 2.25 bits per heavy atom. The van der Waals surface area contributed by atoms with Crippen LogP contribution in [0.3, 0.4) is 0 Å². The van der Waals surface area contributed by atoms with Gasteiger partial charge in [-0.15, -0.1) is 11.3 Å². The predicted molar refractivity (Wildman–Crippen MR) is 65.1 cm³/mol. The van der Waals surface area contributed by atoms with Gasteiger partial charge in [-0.25, -0.2) is 18.1 Å². The molecular weight excluding hydrogens is 244 g/mol. The molecule has 0 unspecified atom stereocenters. The van der Waals surface area contributed by atoms with E-state index >= 15 is 0 Å². The number of nitrogens with zero attached hydrogens (tertiary/aromatic N) is 1. The Morgan fingerprint density at radius 1 is 1.44 bits per heavy atom. The highest BCUT2D eigenvalue weighted by Crippen LogP contribution is 2.21. The summed E-state index contributed by atoms with van der Waals surface area (Å²) < 4.78 is 27.1. The first kappa shape index (κ1) is 11.5. The molecule has 2 rings (SSSR count). The maximum atomic E-state index is 11.8. The molecule has 0 bridgehead atoms. The lowest BCUT2D eigenvalue weighted by atomic mass is 10.3. The third kappa shape index (κ3) is 2.23. The van der Waals surface area contributed by atoms with Gasteiger partial charge in [-0.1, -0.05) is 6.92 Å². The number of benzene rings is 1. The molecular formula is C10H12N2O2S2. The SMILES string of the molecule is CCCNS(=O)(=O)c1ccc2ncsc2c1. The Kier molecular flexibility index (Phi) is 3.22. The molecule has 1 aromatic heterocycles. The fourth-order valence-electron chi connectivity index (χ4n) is 1.32. The minimum absolute atomic E-state index is 0.303. The first-order valence-corrected chi connectivity index (χ1v) is 7.32. The van der Waals surface area contributed by atoms with Crippen LogP contribution >= 0.6 is 11.3 Å². The Labute approximate surface area is 98.4 Å². The third-order valence-corrected chi connectivity index (χ3v) is 4.41. The summed E-state index contributed by atoms with van der Waals surface area (Å²) in [6.07, 6.45) is 0.780. The van der Waals surface area contributed by atoms with Gasteiger partial charge in [0.15, 0.2) is 0 Å². The van der Waals surface area contributed by atoms with Gasteiger partial charge < -0.3 is 0 Å². The molecule has 0 aliphatic carbocycles. The van der Waals surface area contributed by atoms with Crippen LogP contribution in [0.5, 0.6) is 0 Å². The molecule has 0 saturated carbocycles. The van der Waals surface area contributed by atoms with Crippen molar-refractivity contribution >= 4 is 31.6 Å². The van der Waals surface area contributed by atoms with E-state index in [2.05, 4.69) is 9.71 Å². The monoisotopic (exact) mass is 256 g/mol. The van der Waals surface area contributed by atoms with Crippen LogP contribution < -0.4 is 4.72 Å². The van der Waals surface area contributed by atoms with Gasteiger partial charge in [0.1, 0.15) is 0 Å². The maximum absolute atomic E-state index is 11.8. The minimum atomic E-state index is -3.36. The van der Waals surface area contributed by atoms with Crippen LogP contribution in [0, 0.1) is 0 Å².